The van der Waals surface area contributed by atoms with E-state index in [1.165, 1.54) is 26.9 Å². The van der Waals surface area contributed by atoms with Gasteiger partial charge in [-0.05, 0) is 50.4 Å². The van der Waals surface area contributed by atoms with Crippen LogP contribution in [0.1, 0.15) is 26.2 Å². The molecule has 0 saturated carbocycles. The van der Waals surface area contributed by atoms with Gasteiger partial charge in [0.15, 0.2) is 0 Å². The predicted molar refractivity (Wildman–Crippen MR) is 109 cm³/mol. The van der Waals surface area contributed by atoms with E-state index in [0.29, 0.717) is 12.2 Å². The Hall–Kier alpha value is -1.64. The maximum absolute atomic E-state index is 12.6. The van der Waals surface area contributed by atoms with E-state index < -0.39 is 10.2 Å². The summed E-state index contributed by atoms with van der Waals surface area (Å²) in [5.74, 6) is 0.445. The highest BCUT2D eigenvalue weighted by Gasteiger charge is 2.27. The molecule has 0 bridgehead atoms. The van der Waals surface area contributed by atoms with Gasteiger partial charge in [-0.15, -0.1) is 0 Å². The first-order valence-electron chi connectivity index (χ1n) is 9.55. The number of amides is 1. The Morgan fingerprint density at radius 2 is 1.96 bits per heavy atom. The summed E-state index contributed by atoms with van der Waals surface area (Å²) in [4.78, 5) is 14.8. The molecule has 2 rings (SSSR count). The monoisotopic (exact) mass is 396 g/mol. The molecule has 0 unspecified atom stereocenters. The molecule has 1 fully saturated rings. The van der Waals surface area contributed by atoms with Gasteiger partial charge >= 0.3 is 10.2 Å². The second-order valence-corrected chi connectivity index (χ2v) is 9.45. The van der Waals surface area contributed by atoms with E-state index >= 15 is 0 Å². The van der Waals surface area contributed by atoms with Gasteiger partial charge in [-0.25, -0.2) is 4.31 Å². The molecule has 152 valence electrons. The molecule has 1 atom stereocenters. The zero-order valence-electron chi connectivity index (χ0n) is 16.6. The van der Waals surface area contributed by atoms with Crippen LogP contribution in [0.3, 0.4) is 0 Å². The first-order chi connectivity index (χ1) is 12.8. The first kappa shape index (κ1) is 21.7. The average Bonchev–Trinajstić information content (AvgIpc) is 2.64. The highest BCUT2D eigenvalue weighted by molar-refractivity contribution is 7.90. The van der Waals surface area contributed by atoms with Crippen molar-refractivity contribution in [1.82, 2.24) is 14.5 Å². The second kappa shape index (κ2) is 10.1. The van der Waals surface area contributed by atoms with Crippen molar-refractivity contribution in [3.63, 3.8) is 0 Å². The van der Waals surface area contributed by atoms with Crippen molar-refractivity contribution in [2.75, 3.05) is 51.1 Å². The van der Waals surface area contributed by atoms with Gasteiger partial charge in [0.05, 0.1) is 5.69 Å². The van der Waals surface area contributed by atoms with Crippen molar-refractivity contribution in [2.45, 2.75) is 26.2 Å². The maximum Gasteiger partial charge on any atom is 0.304 e. The number of nitrogens with one attached hydrogen (secondary N) is 1. The van der Waals surface area contributed by atoms with Crippen LogP contribution in [0.4, 0.5) is 5.69 Å². The molecule has 1 aromatic rings. The van der Waals surface area contributed by atoms with Crippen LogP contribution >= 0.6 is 0 Å². The lowest BCUT2D eigenvalue weighted by Crippen LogP contribution is -2.46. The number of hydrogen-bond donors (Lipinski definition) is 1. The normalized spacial score (nSPS) is 18.4. The minimum atomic E-state index is -3.74. The molecule has 8 heteroatoms. The third-order valence-corrected chi connectivity index (χ3v) is 6.61. The minimum Gasteiger partial charge on any atom is -0.354 e. The van der Waals surface area contributed by atoms with Gasteiger partial charge < -0.3 is 10.2 Å². The van der Waals surface area contributed by atoms with Crippen molar-refractivity contribution in [3.8, 4) is 0 Å². The Labute approximate surface area is 163 Å². The summed E-state index contributed by atoms with van der Waals surface area (Å²) >= 11 is 0. The van der Waals surface area contributed by atoms with Crippen molar-refractivity contribution in [1.29, 1.82) is 0 Å². The van der Waals surface area contributed by atoms with Gasteiger partial charge in [0.2, 0.25) is 5.91 Å². The number of carbonyl (C=O) groups excluding carboxylic acids is 1. The summed E-state index contributed by atoms with van der Waals surface area (Å²) in [5.41, 5.74) is 0.476. The maximum atomic E-state index is 12.6. The van der Waals surface area contributed by atoms with Gasteiger partial charge in [0.25, 0.3) is 0 Å². The lowest BCUT2D eigenvalue weighted by molar-refractivity contribution is -0.119. The molecule has 0 radical (unpaired) electrons. The molecule has 0 aromatic heterocycles. The molecular weight excluding hydrogens is 364 g/mol. The Morgan fingerprint density at radius 1 is 1.26 bits per heavy atom. The minimum absolute atomic E-state index is 0.231. The van der Waals surface area contributed by atoms with E-state index in [4.69, 9.17) is 0 Å². The van der Waals surface area contributed by atoms with Gasteiger partial charge in [0, 0.05) is 27.2 Å². The number of anilines is 1. The highest BCUT2D eigenvalue weighted by atomic mass is 32.2. The third-order valence-electron chi connectivity index (χ3n) is 4.79. The van der Waals surface area contributed by atoms with Crippen LogP contribution in [0.15, 0.2) is 30.3 Å². The number of nitrogens with zero attached hydrogens (tertiary/aromatic N) is 3. The Morgan fingerprint density at radius 3 is 2.59 bits per heavy atom. The summed E-state index contributed by atoms with van der Waals surface area (Å²) in [6.45, 7) is 5.80. The number of hydrogen-bond acceptors (Lipinski definition) is 4. The highest BCUT2D eigenvalue weighted by Crippen LogP contribution is 2.18. The number of carbonyl (C=O) groups is 1. The largest absolute Gasteiger partial charge is 0.354 e. The van der Waals surface area contributed by atoms with Gasteiger partial charge in [-0.3, -0.25) is 4.79 Å². The van der Waals surface area contributed by atoms with Crippen molar-refractivity contribution in [3.05, 3.63) is 30.3 Å². The lowest BCUT2D eigenvalue weighted by atomic mass is 10.0. The fourth-order valence-electron chi connectivity index (χ4n) is 3.30. The summed E-state index contributed by atoms with van der Waals surface area (Å²) in [7, 11) is -0.821. The van der Waals surface area contributed by atoms with Crippen molar-refractivity contribution in [2.24, 2.45) is 5.92 Å². The van der Waals surface area contributed by atoms with Gasteiger partial charge in [-0.1, -0.05) is 25.1 Å². The van der Waals surface area contributed by atoms with E-state index in [-0.39, 0.29) is 12.5 Å². The molecule has 27 heavy (non-hydrogen) atoms. The van der Waals surface area contributed by atoms with Crippen molar-refractivity contribution < 1.29 is 13.2 Å². The quantitative estimate of drug-likeness (QED) is 0.643. The Balaban J connectivity index is 1.87. The molecule has 1 saturated heterocycles. The number of likely N-dealkylation sites (tertiary alicyclic amines) is 1. The van der Waals surface area contributed by atoms with E-state index in [0.717, 1.165) is 40.6 Å². The molecule has 1 heterocycles. The summed E-state index contributed by atoms with van der Waals surface area (Å²) < 4.78 is 27.4. The lowest BCUT2D eigenvalue weighted by Gasteiger charge is -2.30. The Bertz CT molecular complexity index is 694. The Kier molecular flexibility index (Phi) is 8.07. The van der Waals surface area contributed by atoms with Crippen LogP contribution in [0.5, 0.6) is 0 Å². The topological polar surface area (TPSA) is 73.0 Å². The molecule has 1 aliphatic rings. The first-order valence-corrected chi connectivity index (χ1v) is 10.9. The van der Waals surface area contributed by atoms with Crippen molar-refractivity contribution >= 4 is 21.8 Å². The number of para-hydroxylation sites is 1. The van der Waals surface area contributed by atoms with E-state index in [9.17, 15) is 13.2 Å². The fraction of sp³-hybridized carbons (Fsp3) is 0.632. The second-order valence-electron chi connectivity index (χ2n) is 7.38. The van der Waals surface area contributed by atoms with E-state index in [1.54, 1.807) is 24.3 Å². The molecule has 1 aromatic carbocycles. The zero-order chi connectivity index (χ0) is 19.9. The predicted octanol–water partition coefficient (Wildman–Crippen LogP) is 1.54. The summed E-state index contributed by atoms with van der Waals surface area (Å²) in [5, 5.41) is 2.85. The van der Waals surface area contributed by atoms with Crippen LogP contribution in [0.25, 0.3) is 0 Å². The molecule has 1 N–H and O–H groups in total. The molecule has 0 aliphatic carbocycles. The third kappa shape index (κ3) is 6.48. The van der Waals surface area contributed by atoms with Crippen LogP contribution < -0.4 is 9.62 Å². The van der Waals surface area contributed by atoms with Crippen LogP contribution in [0.2, 0.25) is 0 Å². The molecule has 1 amide bonds. The standard InChI is InChI=1S/C19H32N4O3S/c1-17-9-7-13-22(15-17)14-8-12-20-19(24)16-23(27(25,26)21(2)3)18-10-5-4-6-11-18/h4-6,10-11,17H,7-9,12-16H2,1-3H3,(H,20,24)/t17-/m0/s1. The summed E-state index contributed by atoms with van der Waals surface area (Å²) in [6, 6.07) is 8.69. The van der Waals surface area contributed by atoms with Gasteiger partial charge in [0.1, 0.15) is 6.54 Å². The number of benzene rings is 1. The fourth-order valence-corrected chi connectivity index (χ4v) is 4.37. The van der Waals surface area contributed by atoms with Crippen LogP contribution in [-0.4, -0.2) is 70.3 Å². The van der Waals surface area contributed by atoms with Gasteiger partial charge in [-0.2, -0.15) is 12.7 Å². The van der Waals surface area contributed by atoms with E-state index in [1.807, 2.05) is 6.07 Å². The summed E-state index contributed by atoms with van der Waals surface area (Å²) in [6.07, 6.45) is 3.40. The SMILES string of the molecule is C[C@H]1CCCN(CCCNC(=O)CN(c2ccccc2)S(=O)(=O)N(C)C)C1. The van der Waals surface area contributed by atoms with E-state index in [2.05, 4.69) is 17.1 Å². The number of rotatable bonds is 9. The molecule has 1 aliphatic heterocycles. The number of piperidine rings is 1. The smallest absolute Gasteiger partial charge is 0.304 e. The average molecular weight is 397 g/mol. The van der Waals surface area contributed by atoms with Crippen LogP contribution in [-0.2, 0) is 15.0 Å². The zero-order valence-corrected chi connectivity index (χ0v) is 17.4. The van der Waals surface area contributed by atoms with Crippen LogP contribution in [0, 0.1) is 5.92 Å². The molecule has 7 nitrogen and oxygen atoms in total. The molecular formula is C19H32N4O3S. The molecule has 0 spiro atoms.